The van der Waals surface area contributed by atoms with Crippen LogP contribution < -0.4 is 4.90 Å². The van der Waals surface area contributed by atoms with Gasteiger partial charge in [0.05, 0.1) is 5.69 Å². The summed E-state index contributed by atoms with van der Waals surface area (Å²) >= 11 is 3.40. The van der Waals surface area contributed by atoms with Gasteiger partial charge in [-0.25, -0.2) is 14.9 Å². The van der Waals surface area contributed by atoms with Crippen LogP contribution in [0.25, 0.3) is 0 Å². The van der Waals surface area contributed by atoms with Gasteiger partial charge in [-0.1, -0.05) is 15.9 Å². The zero-order chi connectivity index (χ0) is 14.4. The second-order valence-electron chi connectivity index (χ2n) is 4.59. The van der Waals surface area contributed by atoms with Crippen LogP contribution in [-0.4, -0.2) is 21.8 Å². The molecule has 2 aromatic rings. The predicted octanol–water partition coefficient (Wildman–Crippen LogP) is 2.66. The highest BCUT2D eigenvalue weighted by atomic mass is 79.9. The fourth-order valence-corrected chi connectivity index (χ4v) is 3.10. The molecule has 0 atom stereocenters. The van der Waals surface area contributed by atoms with Crippen molar-refractivity contribution in [2.75, 3.05) is 4.90 Å². The maximum atomic E-state index is 12.4. The number of aromatic nitrogens is 2. The molecule has 3 rings (SSSR count). The van der Waals surface area contributed by atoms with Crippen molar-refractivity contribution in [3.63, 3.8) is 0 Å². The molecule has 0 spiro atoms. The maximum absolute atomic E-state index is 12.4. The Hall–Kier alpha value is -2.08. The molecule has 0 unspecified atom stereocenters. The van der Waals surface area contributed by atoms with Crippen molar-refractivity contribution in [1.29, 1.82) is 0 Å². The van der Waals surface area contributed by atoms with E-state index in [1.807, 2.05) is 26.0 Å². The minimum Gasteiger partial charge on any atom is -0.266 e. The van der Waals surface area contributed by atoms with E-state index in [1.54, 1.807) is 0 Å². The summed E-state index contributed by atoms with van der Waals surface area (Å²) in [5.41, 5.74) is 2.50. The quantitative estimate of drug-likeness (QED) is 0.753. The smallest absolute Gasteiger partial charge is 0.266 e. The first-order chi connectivity index (χ1) is 9.50. The summed E-state index contributed by atoms with van der Waals surface area (Å²) in [5, 5.41) is 0. The number of imide groups is 1. The van der Waals surface area contributed by atoms with Gasteiger partial charge < -0.3 is 0 Å². The molecule has 1 aliphatic rings. The molecule has 0 aliphatic carbocycles. The van der Waals surface area contributed by atoms with E-state index in [1.165, 1.54) is 12.4 Å². The monoisotopic (exact) mass is 331 g/mol. The zero-order valence-electron chi connectivity index (χ0n) is 10.8. The molecule has 0 bridgehead atoms. The molecule has 0 saturated carbocycles. The van der Waals surface area contributed by atoms with Crippen molar-refractivity contribution >= 4 is 33.4 Å². The van der Waals surface area contributed by atoms with Crippen LogP contribution in [-0.2, 0) is 0 Å². The van der Waals surface area contributed by atoms with Gasteiger partial charge in [-0.3, -0.25) is 9.59 Å². The third-order valence-electron chi connectivity index (χ3n) is 3.19. The molecule has 20 heavy (non-hydrogen) atoms. The van der Waals surface area contributed by atoms with E-state index in [2.05, 4.69) is 25.9 Å². The number of carbonyl (C=O) groups excluding carboxylic acids is 2. The number of aryl methyl sites for hydroxylation is 2. The number of carbonyl (C=O) groups is 2. The van der Waals surface area contributed by atoms with Gasteiger partial charge in [0, 0.05) is 16.9 Å². The van der Waals surface area contributed by atoms with Crippen LogP contribution in [0.1, 0.15) is 32.1 Å². The second kappa shape index (κ2) is 4.49. The molecule has 0 radical (unpaired) electrons. The van der Waals surface area contributed by atoms with Gasteiger partial charge in [0.25, 0.3) is 11.8 Å². The lowest BCUT2D eigenvalue weighted by Gasteiger charge is -2.19. The van der Waals surface area contributed by atoms with Gasteiger partial charge in [0.2, 0.25) is 0 Å². The number of rotatable bonds is 1. The fraction of sp³-hybridized carbons (Fsp3) is 0.143. The van der Waals surface area contributed by atoms with E-state index in [9.17, 15) is 9.59 Å². The Balaban J connectivity index is 2.19. The van der Waals surface area contributed by atoms with Crippen LogP contribution in [0, 0.1) is 13.8 Å². The maximum Gasteiger partial charge on any atom is 0.286 e. The van der Waals surface area contributed by atoms with Crippen LogP contribution in [0.4, 0.5) is 5.69 Å². The van der Waals surface area contributed by atoms with Crippen molar-refractivity contribution in [2.24, 2.45) is 0 Å². The summed E-state index contributed by atoms with van der Waals surface area (Å²) in [5.74, 6) is -0.849. The highest BCUT2D eigenvalue weighted by Crippen LogP contribution is 2.33. The Morgan fingerprint density at radius 2 is 1.40 bits per heavy atom. The highest BCUT2D eigenvalue weighted by Gasteiger charge is 2.40. The third kappa shape index (κ3) is 1.76. The topological polar surface area (TPSA) is 63.2 Å². The van der Waals surface area contributed by atoms with E-state index in [4.69, 9.17) is 0 Å². The molecule has 0 saturated heterocycles. The molecule has 0 N–H and O–H groups in total. The first-order valence-electron chi connectivity index (χ1n) is 5.97. The van der Waals surface area contributed by atoms with Gasteiger partial charge in [-0.05, 0) is 37.1 Å². The molecular weight excluding hydrogens is 322 g/mol. The Labute approximate surface area is 123 Å². The van der Waals surface area contributed by atoms with Crippen LogP contribution in [0.3, 0.4) is 0 Å². The van der Waals surface area contributed by atoms with Gasteiger partial charge in [0.1, 0.15) is 0 Å². The largest absolute Gasteiger partial charge is 0.286 e. The molecular formula is C14H10BrN3O2. The summed E-state index contributed by atoms with van der Waals surface area (Å²) in [6.07, 6.45) is 2.82. The molecule has 5 nitrogen and oxygen atoms in total. The number of benzene rings is 1. The van der Waals surface area contributed by atoms with E-state index < -0.39 is 11.8 Å². The summed E-state index contributed by atoms with van der Waals surface area (Å²) < 4.78 is 0.907. The van der Waals surface area contributed by atoms with E-state index in [0.29, 0.717) is 5.69 Å². The molecule has 0 fully saturated rings. The van der Waals surface area contributed by atoms with Crippen molar-refractivity contribution < 1.29 is 9.59 Å². The summed E-state index contributed by atoms with van der Waals surface area (Å²) in [4.78, 5) is 33.8. The molecule has 1 aliphatic heterocycles. The lowest BCUT2D eigenvalue weighted by molar-refractivity contribution is 0.0923. The number of halogens is 1. The highest BCUT2D eigenvalue weighted by molar-refractivity contribution is 9.10. The Kier molecular flexibility index (Phi) is 2.90. The summed E-state index contributed by atoms with van der Waals surface area (Å²) in [6.45, 7) is 3.72. The van der Waals surface area contributed by atoms with Crippen molar-refractivity contribution in [3.05, 3.63) is 51.5 Å². The van der Waals surface area contributed by atoms with Crippen LogP contribution in [0.2, 0.25) is 0 Å². The lowest BCUT2D eigenvalue weighted by atomic mass is 10.1. The molecule has 6 heteroatoms. The first kappa shape index (κ1) is 12.9. The molecule has 1 aromatic carbocycles. The van der Waals surface area contributed by atoms with E-state index in [-0.39, 0.29) is 11.4 Å². The Morgan fingerprint density at radius 1 is 0.950 bits per heavy atom. The Morgan fingerprint density at radius 3 is 1.85 bits per heavy atom. The average molecular weight is 332 g/mol. The number of nitrogens with zero attached hydrogens (tertiary/aromatic N) is 3. The van der Waals surface area contributed by atoms with Gasteiger partial charge >= 0.3 is 0 Å². The number of fused-ring (bicyclic) bond motifs is 1. The summed E-state index contributed by atoms with van der Waals surface area (Å²) in [6, 6.07) is 3.74. The van der Waals surface area contributed by atoms with Crippen LogP contribution >= 0.6 is 15.9 Å². The number of anilines is 1. The summed E-state index contributed by atoms with van der Waals surface area (Å²) in [7, 11) is 0. The van der Waals surface area contributed by atoms with Crippen molar-refractivity contribution in [2.45, 2.75) is 13.8 Å². The van der Waals surface area contributed by atoms with Gasteiger partial charge in [-0.15, -0.1) is 0 Å². The lowest BCUT2D eigenvalue weighted by Crippen LogP contribution is -2.31. The molecule has 1 aromatic heterocycles. The Bertz CT molecular complexity index is 700. The van der Waals surface area contributed by atoms with Crippen molar-refractivity contribution in [3.8, 4) is 0 Å². The molecule has 2 heterocycles. The van der Waals surface area contributed by atoms with Crippen LogP contribution in [0.5, 0.6) is 0 Å². The van der Waals surface area contributed by atoms with Crippen LogP contribution in [0.15, 0.2) is 29.0 Å². The van der Waals surface area contributed by atoms with E-state index in [0.717, 1.165) is 20.5 Å². The SMILES string of the molecule is Cc1cc(Br)cc(C)c1N1C(=O)c2nccnc2C1=O. The van der Waals surface area contributed by atoms with Gasteiger partial charge in [0.15, 0.2) is 11.4 Å². The average Bonchev–Trinajstić information content (AvgIpc) is 2.64. The van der Waals surface area contributed by atoms with Crippen molar-refractivity contribution in [1.82, 2.24) is 9.97 Å². The molecule has 2 amide bonds. The standard InChI is InChI=1S/C14H10BrN3O2/c1-7-5-9(15)6-8(2)12(7)18-13(19)10-11(14(18)20)17-4-3-16-10/h3-6H,1-2H3. The second-order valence-corrected chi connectivity index (χ2v) is 5.50. The number of hydrogen-bond donors (Lipinski definition) is 0. The minimum absolute atomic E-state index is 0.110. The van der Waals surface area contributed by atoms with Gasteiger partial charge in [-0.2, -0.15) is 0 Å². The number of amides is 2. The third-order valence-corrected chi connectivity index (χ3v) is 3.65. The first-order valence-corrected chi connectivity index (χ1v) is 6.76. The minimum atomic E-state index is -0.424. The number of hydrogen-bond acceptors (Lipinski definition) is 4. The predicted molar refractivity (Wildman–Crippen MR) is 76.8 cm³/mol. The molecule has 100 valence electrons. The fourth-order valence-electron chi connectivity index (χ4n) is 2.41. The van der Waals surface area contributed by atoms with E-state index >= 15 is 0 Å². The zero-order valence-corrected chi connectivity index (χ0v) is 12.4. The normalized spacial score (nSPS) is 13.8.